The lowest BCUT2D eigenvalue weighted by Gasteiger charge is -2.05. The normalized spacial score (nSPS) is 10.8. The Morgan fingerprint density at radius 1 is 1.67 bits per heavy atom. The van der Waals surface area contributed by atoms with E-state index >= 15 is 0 Å². The minimum absolute atomic E-state index is 0.0188. The first-order valence-corrected chi connectivity index (χ1v) is 7.87. The highest BCUT2D eigenvalue weighted by Gasteiger charge is 2.19. The van der Waals surface area contributed by atoms with Crippen LogP contribution in [0.1, 0.15) is 16.1 Å². The molecule has 0 aliphatic heterocycles. The number of nitrogens with zero attached hydrogens (tertiary/aromatic N) is 2. The molecule has 0 atom stereocenters. The fraction of sp³-hybridized carbons (Fsp3) is 0.273. The number of thiophene rings is 1. The molecular weight excluding hydrogens is 431 g/mol. The third-order valence-corrected chi connectivity index (χ3v) is 4.72. The first kappa shape index (κ1) is 14.2. The van der Waals surface area contributed by atoms with Gasteiger partial charge in [0.25, 0.3) is 0 Å². The molecule has 2 aromatic rings. The molecule has 0 aromatic carbocycles. The summed E-state index contributed by atoms with van der Waals surface area (Å²) < 4.78 is 8.49. The number of hydrogen-bond donors (Lipinski definition) is 0. The molecule has 0 fully saturated rings. The van der Waals surface area contributed by atoms with Crippen LogP contribution in [-0.4, -0.2) is 29.3 Å². The molecule has 2 heterocycles. The van der Waals surface area contributed by atoms with Crippen LogP contribution in [0.4, 0.5) is 0 Å². The summed E-state index contributed by atoms with van der Waals surface area (Å²) >= 11 is 7.13. The molecule has 0 radical (unpaired) electrons. The van der Waals surface area contributed by atoms with Crippen molar-refractivity contribution in [3.8, 4) is 0 Å². The molecule has 0 saturated carbocycles. The maximum Gasteiger partial charge on any atom is 0.213 e. The van der Waals surface area contributed by atoms with Gasteiger partial charge >= 0.3 is 0 Å². The molecule has 0 amide bonds. The number of methoxy groups -OCH3 is 1. The van der Waals surface area contributed by atoms with Gasteiger partial charge < -0.3 is 4.74 Å². The molecule has 7 heteroatoms. The minimum atomic E-state index is -0.0188. The summed E-state index contributed by atoms with van der Waals surface area (Å²) in [5, 5.41) is 6.04. The molecule has 0 saturated heterocycles. The molecule has 0 aliphatic carbocycles. The van der Waals surface area contributed by atoms with Gasteiger partial charge in [-0.25, -0.2) is 0 Å². The summed E-state index contributed by atoms with van der Waals surface area (Å²) in [6.45, 7) is 1.08. The maximum absolute atomic E-state index is 12.4. The van der Waals surface area contributed by atoms with Crippen LogP contribution >= 0.6 is 49.9 Å². The van der Waals surface area contributed by atoms with Crippen molar-refractivity contribution in [2.75, 3.05) is 13.7 Å². The molecule has 96 valence electrons. The highest BCUT2D eigenvalue weighted by Crippen LogP contribution is 2.23. The Morgan fingerprint density at radius 2 is 2.44 bits per heavy atom. The number of carbonyl (C=O) groups excluding carboxylic acids is 1. The van der Waals surface area contributed by atoms with Crippen molar-refractivity contribution < 1.29 is 9.53 Å². The monoisotopic (exact) mass is 440 g/mol. The van der Waals surface area contributed by atoms with Gasteiger partial charge in [0, 0.05) is 18.1 Å². The second-order valence-electron chi connectivity index (χ2n) is 3.53. The van der Waals surface area contributed by atoms with Crippen LogP contribution in [0.25, 0.3) is 0 Å². The summed E-state index contributed by atoms with van der Waals surface area (Å²) in [6.07, 6.45) is 1.64. The predicted molar refractivity (Wildman–Crippen MR) is 82.3 cm³/mol. The van der Waals surface area contributed by atoms with Gasteiger partial charge in [0.2, 0.25) is 5.78 Å². The minimum Gasteiger partial charge on any atom is -0.383 e. The smallest absolute Gasteiger partial charge is 0.213 e. The van der Waals surface area contributed by atoms with Crippen LogP contribution in [0.15, 0.2) is 22.1 Å². The largest absolute Gasteiger partial charge is 0.383 e. The van der Waals surface area contributed by atoms with E-state index in [0.29, 0.717) is 28.9 Å². The number of halogens is 2. The Kier molecular flexibility index (Phi) is 4.93. The summed E-state index contributed by atoms with van der Waals surface area (Å²) in [7, 11) is 1.63. The topological polar surface area (TPSA) is 44.1 Å². The van der Waals surface area contributed by atoms with Crippen molar-refractivity contribution in [3.63, 3.8) is 0 Å². The summed E-state index contributed by atoms with van der Waals surface area (Å²) in [4.78, 5) is 12.4. The SMILES string of the molecule is COCCn1ncc(Br)c1C(=O)c1csc(I)c1. The Bertz CT molecular complexity index is 567. The number of ether oxygens (including phenoxy) is 1. The van der Waals surface area contributed by atoms with Crippen LogP contribution in [-0.2, 0) is 11.3 Å². The van der Waals surface area contributed by atoms with E-state index in [2.05, 4.69) is 43.6 Å². The molecule has 2 aromatic heterocycles. The lowest BCUT2D eigenvalue weighted by atomic mass is 10.1. The fourth-order valence-electron chi connectivity index (χ4n) is 1.50. The molecular formula is C11H10BrIN2O2S. The van der Waals surface area contributed by atoms with E-state index in [9.17, 15) is 4.79 Å². The van der Waals surface area contributed by atoms with Crippen molar-refractivity contribution in [2.45, 2.75) is 6.54 Å². The van der Waals surface area contributed by atoms with Crippen molar-refractivity contribution >= 4 is 55.6 Å². The lowest BCUT2D eigenvalue weighted by molar-refractivity contribution is 0.102. The third-order valence-electron chi connectivity index (χ3n) is 2.35. The molecule has 4 nitrogen and oxygen atoms in total. The molecule has 0 unspecified atom stereocenters. The van der Waals surface area contributed by atoms with Crippen LogP contribution in [0, 0.1) is 2.88 Å². The number of ketones is 1. The van der Waals surface area contributed by atoms with Gasteiger partial charge in [-0.15, -0.1) is 11.3 Å². The maximum atomic E-state index is 12.4. The molecule has 0 N–H and O–H groups in total. The second-order valence-corrected chi connectivity index (χ2v) is 7.19. The Labute approximate surface area is 131 Å². The number of rotatable bonds is 5. The van der Waals surface area contributed by atoms with Gasteiger partial charge in [-0.2, -0.15) is 5.10 Å². The summed E-state index contributed by atoms with van der Waals surface area (Å²) in [5.74, 6) is -0.0188. The van der Waals surface area contributed by atoms with E-state index in [1.807, 2.05) is 11.4 Å². The Balaban J connectivity index is 2.32. The van der Waals surface area contributed by atoms with E-state index in [4.69, 9.17) is 4.74 Å². The zero-order chi connectivity index (χ0) is 13.1. The van der Waals surface area contributed by atoms with E-state index in [-0.39, 0.29) is 5.78 Å². The molecule has 18 heavy (non-hydrogen) atoms. The quantitative estimate of drug-likeness (QED) is 0.529. The van der Waals surface area contributed by atoms with Gasteiger partial charge in [-0.05, 0) is 44.6 Å². The van der Waals surface area contributed by atoms with Gasteiger partial charge in [0.05, 0.1) is 26.7 Å². The standard InChI is InChI=1S/C11H10BrIN2O2S/c1-17-3-2-15-10(8(12)5-14-15)11(16)7-4-9(13)18-6-7/h4-6H,2-3H2,1H3. The van der Waals surface area contributed by atoms with E-state index in [0.717, 1.165) is 2.88 Å². The number of carbonyl (C=O) groups is 1. The second kappa shape index (κ2) is 6.27. The zero-order valence-corrected chi connectivity index (χ0v) is 14.1. The van der Waals surface area contributed by atoms with Crippen LogP contribution in [0.5, 0.6) is 0 Å². The molecule has 2 rings (SSSR count). The predicted octanol–water partition coefficient (Wildman–Crippen LogP) is 3.19. The average molecular weight is 441 g/mol. The molecule has 0 bridgehead atoms. The molecule has 0 aliphatic rings. The summed E-state index contributed by atoms with van der Waals surface area (Å²) in [5.41, 5.74) is 1.27. The highest BCUT2D eigenvalue weighted by atomic mass is 127. The average Bonchev–Trinajstić information content (AvgIpc) is 2.92. The van der Waals surface area contributed by atoms with Gasteiger partial charge in [-0.1, -0.05) is 0 Å². The van der Waals surface area contributed by atoms with E-state index in [1.54, 1.807) is 29.3 Å². The fourth-order valence-corrected chi connectivity index (χ4v) is 3.30. The zero-order valence-electron chi connectivity index (χ0n) is 9.52. The van der Waals surface area contributed by atoms with Crippen molar-refractivity contribution in [3.05, 3.63) is 36.3 Å². The van der Waals surface area contributed by atoms with Crippen LogP contribution in [0.3, 0.4) is 0 Å². The lowest BCUT2D eigenvalue weighted by Crippen LogP contribution is -2.14. The van der Waals surface area contributed by atoms with Gasteiger partial charge in [0.1, 0.15) is 5.69 Å². The van der Waals surface area contributed by atoms with Crippen molar-refractivity contribution in [1.29, 1.82) is 0 Å². The van der Waals surface area contributed by atoms with Crippen molar-refractivity contribution in [2.24, 2.45) is 0 Å². The number of aromatic nitrogens is 2. The Morgan fingerprint density at radius 3 is 3.06 bits per heavy atom. The number of hydrogen-bond acceptors (Lipinski definition) is 4. The van der Waals surface area contributed by atoms with Crippen molar-refractivity contribution in [1.82, 2.24) is 9.78 Å². The first-order chi connectivity index (χ1) is 8.63. The van der Waals surface area contributed by atoms with Crippen LogP contribution < -0.4 is 0 Å². The van der Waals surface area contributed by atoms with E-state index < -0.39 is 0 Å². The summed E-state index contributed by atoms with van der Waals surface area (Å²) in [6, 6.07) is 1.88. The van der Waals surface area contributed by atoms with Gasteiger partial charge in [-0.3, -0.25) is 9.48 Å². The first-order valence-electron chi connectivity index (χ1n) is 5.12. The van der Waals surface area contributed by atoms with Gasteiger partial charge in [0.15, 0.2) is 0 Å². The van der Waals surface area contributed by atoms with Crippen LogP contribution in [0.2, 0.25) is 0 Å². The third kappa shape index (κ3) is 3.01. The Hall–Kier alpha value is -0.250. The highest BCUT2D eigenvalue weighted by molar-refractivity contribution is 14.1. The van der Waals surface area contributed by atoms with E-state index in [1.165, 1.54) is 0 Å². The molecule has 0 spiro atoms.